The van der Waals surface area contributed by atoms with Crippen molar-refractivity contribution in [2.24, 2.45) is 0 Å². The van der Waals surface area contributed by atoms with Crippen LogP contribution in [-0.2, 0) is 24.1 Å². The molecule has 1 unspecified atom stereocenters. The number of thioether (sulfide) groups is 1. The van der Waals surface area contributed by atoms with E-state index in [1.54, 1.807) is 0 Å². The van der Waals surface area contributed by atoms with Crippen LogP contribution >= 0.6 is 27.7 Å². The fraction of sp³-hybridized carbons (Fsp3) is 0.367. The molecular weight excluding hydrogens is 612 g/mol. The molecule has 0 radical (unpaired) electrons. The third-order valence-corrected chi connectivity index (χ3v) is 9.08. The Kier molecular flexibility index (Phi) is 12.2. The molecule has 0 N–H and O–H groups in total. The SMILES string of the molecule is CCCCS(=O)(=O)CC(COC(C)C)OC(=O)CSc1nc(-c2ccc(Br)cc2)cc(-c2ccccc2)c1C#N. The molecule has 2 aromatic carbocycles. The molecule has 0 spiro atoms. The number of rotatable bonds is 14. The van der Waals surface area contributed by atoms with Gasteiger partial charge in [0.2, 0.25) is 0 Å². The van der Waals surface area contributed by atoms with Gasteiger partial charge in [0.15, 0.2) is 9.84 Å². The average Bonchev–Trinajstić information content (AvgIpc) is 2.94. The molecule has 10 heteroatoms. The van der Waals surface area contributed by atoms with Gasteiger partial charge in [-0.2, -0.15) is 5.26 Å². The average molecular weight is 646 g/mol. The summed E-state index contributed by atoms with van der Waals surface area (Å²) in [4.78, 5) is 17.6. The van der Waals surface area contributed by atoms with Gasteiger partial charge in [0.05, 0.1) is 41.2 Å². The molecule has 1 atom stereocenters. The normalized spacial score (nSPS) is 12.2. The van der Waals surface area contributed by atoms with Crippen molar-refractivity contribution in [1.29, 1.82) is 5.26 Å². The molecule has 0 aliphatic carbocycles. The molecule has 0 bridgehead atoms. The van der Waals surface area contributed by atoms with E-state index in [-0.39, 0.29) is 30.0 Å². The molecule has 1 heterocycles. The Labute approximate surface area is 249 Å². The Balaban J connectivity index is 1.86. The fourth-order valence-corrected chi connectivity index (χ4v) is 6.52. The van der Waals surface area contributed by atoms with E-state index in [4.69, 9.17) is 14.5 Å². The van der Waals surface area contributed by atoms with E-state index in [9.17, 15) is 18.5 Å². The Hall–Kier alpha value is -2.71. The van der Waals surface area contributed by atoms with Crippen molar-refractivity contribution in [2.75, 3.05) is 23.9 Å². The number of esters is 1. The van der Waals surface area contributed by atoms with E-state index in [1.165, 1.54) is 0 Å². The van der Waals surface area contributed by atoms with Crippen LogP contribution in [0.1, 0.15) is 39.2 Å². The smallest absolute Gasteiger partial charge is 0.316 e. The van der Waals surface area contributed by atoms with E-state index in [0.717, 1.165) is 33.8 Å². The van der Waals surface area contributed by atoms with Gasteiger partial charge < -0.3 is 9.47 Å². The molecule has 1 aromatic heterocycles. The van der Waals surface area contributed by atoms with Crippen molar-refractivity contribution in [3.8, 4) is 28.5 Å². The zero-order valence-corrected chi connectivity index (χ0v) is 26.0. The summed E-state index contributed by atoms with van der Waals surface area (Å²) in [6.07, 6.45) is 0.232. The maximum atomic E-state index is 12.9. The monoisotopic (exact) mass is 644 g/mol. The molecule has 40 heavy (non-hydrogen) atoms. The summed E-state index contributed by atoms with van der Waals surface area (Å²) < 4.78 is 37.2. The summed E-state index contributed by atoms with van der Waals surface area (Å²) in [6, 6.07) is 21.3. The van der Waals surface area contributed by atoms with Crippen molar-refractivity contribution in [1.82, 2.24) is 4.98 Å². The highest BCUT2D eigenvalue weighted by Gasteiger charge is 2.24. The lowest BCUT2D eigenvalue weighted by Crippen LogP contribution is -2.33. The van der Waals surface area contributed by atoms with Crippen LogP contribution in [0.4, 0.5) is 0 Å². The molecule has 0 fully saturated rings. The Morgan fingerprint density at radius 3 is 2.42 bits per heavy atom. The number of benzene rings is 2. The molecule has 7 nitrogen and oxygen atoms in total. The van der Waals surface area contributed by atoms with Crippen molar-refractivity contribution < 1.29 is 22.7 Å². The number of pyridine rings is 1. The van der Waals surface area contributed by atoms with Crippen LogP contribution in [0, 0.1) is 11.3 Å². The van der Waals surface area contributed by atoms with Gasteiger partial charge in [-0.05, 0) is 44.0 Å². The Bertz CT molecular complexity index is 1420. The molecule has 0 saturated heterocycles. The van der Waals surface area contributed by atoms with E-state index in [1.807, 2.05) is 81.4 Å². The van der Waals surface area contributed by atoms with Gasteiger partial charge in [-0.25, -0.2) is 13.4 Å². The van der Waals surface area contributed by atoms with Crippen LogP contribution < -0.4 is 0 Å². The predicted octanol–water partition coefficient (Wildman–Crippen LogP) is 6.69. The van der Waals surface area contributed by atoms with Crippen LogP contribution in [-0.4, -0.2) is 55.4 Å². The minimum atomic E-state index is -3.41. The van der Waals surface area contributed by atoms with Crippen molar-refractivity contribution in [3.63, 3.8) is 0 Å². The maximum Gasteiger partial charge on any atom is 0.316 e. The first-order valence-corrected chi connectivity index (χ1v) is 16.6. The number of nitriles is 1. The number of unbranched alkanes of at least 4 members (excludes halogenated alkanes) is 1. The maximum absolute atomic E-state index is 12.9. The van der Waals surface area contributed by atoms with Gasteiger partial charge >= 0.3 is 5.97 Å². The number of hydrogen-bond donors (Lipinski definition) is 0. The fourth-order valence-electron chi connectivity index (χ4n) is 3.84. The quantitative estimate of drug-likeness (QED) is 0.141. The highest BCUT2D eigenvalue weighted by Crippen LogP contribution is 2.34. The number of hydrogen-bond acceptors (Lipinski definition) is 8. The molecule has 0 aliphatic heterocycles. The van der Waals surface area contributed by atoms with E-state index in [2.05, 4.69) is 22.0 Å². The zero-order chi connectivity index (χ0) is 29.1. The number of aromatic nitrogens is 1. The van der Waals surface area contributed by atoms with Crippen LogP contribution in [0.15, 0.2) is 70.2 Å². The van der Waals surface area contributed by atoms with Crippen molar-refractivity contribution in [3.05, 3.63) is 70.7 Å². The summed E-state index contributed by atoms with van der Waals surface area (Å²) >= 11 is 4.54. The van der Waals surface area contributed by atoms with E-state index >= 15 is 0 Å². The summed E-state index contributed by atoms with van der Waals surface area (Å²) in [6.45, 7) is 5.57. The standard InChI is InChI=1S/C30H33BrN2O5S2/c1-4-5-15-40(35,36)20-25(18-37-21(2)3)38-29(34)19-39-30-27(17-32)26(22-9-7-6-8-10-22)16-28(33-30)23-11-13-24(31)14-12-23/h6-14,16,21,25H,4-5,15,18-20H2,1-3H3. The second kappa shape index (κ2) is 15.3. The first-order valence-electron chi connectivity index (χ1n) is 13.0. The lowest BCUT2D eigenvalue weighted by atomic mass is 9.99. The highest BCUT2D eigenvalue weighted by atomic mass is 79.9. The van der Waals surface area contributed by atoms with Crippen LogP contribution in [0.25, 0.3) is 22.4 Å². The van der Waals surface area contributed by atoms with Crippen LogP contribution in [0.2, 0.25) is 0 Å². The zero-order valence-electron chi connectivity index (χ0n) is 22.8. The van der Waals surface area contributed by atoms with E-state index in [0.29, 0.717) is 28.3 Å². The molecular formula is C30H33BrN2O5S2. The summed E-state index contributed by atoms with van der Waals surface area (Å²) in [5.74, 6) is -1.01. The van der Waals surface area contributed by atoms with Gasteiger partial charge in [0.25, 0.3) is 0 Å². The van der Waals surface area contributed by atoms with Crippen LogP contribution in [0.3, 0.4) is 0 Å². The molecule has 212 valence electrons. The van der Waals surface area contributed by atoms with Gasteiger partial charge in [-0.3, -0.25) is 4.79 Å². The molecule has 0 saturated carbocycles. The van der Waals surface area contributed by atoms with Gasteiger partial charge in [-0.1, -0.05) is 83.5 Å². The molecule has 3 rings (SSSR count). The van der Waals surface area contributed by atoms with Crippen molar-refractivity contribution in [2.45, 2.75) is 50.8 Å². The topological polar surface area (TPSA) is 106 Å². The second-order valence-electron chi connectivity index (χ2n) is 9.47. The largest absolute Gasteiger partial charge is 0.458 e. The number of carbonyl (C=O) groups is 1. The number of halogens is 1. The minimum Gasteiger partial charge on any atom is -0.458 e. The number of nitrogens with zero attached hydrogens (tertiary/aromatic N) is 2. The van der Waals surface area contributed by atoms with Crippen molar-refractivity contribution >= 4 is 43.5 Å². The Morgan fingerprint density at radius 1 is 1.10 bits per heavy atom. The molecule has 3 aromatic rings. The second-order valence-corrected chi connectivity index (χ2v) is 13.6. The van der Waals surface area contributed by atoms with Crippen LogP contribution in [0.5, 0.6) is 0 Å². The van der Waals surface area contributed by atoms with Gasteiger partial charge in [0, 0.05) is 15.6 Å². The van der Waals surface area contributed by atoms with Gasteiger partial charge in [0.1, 0.15) is 17.2 Å². The summed E-state index contributed by atoms with van der Waals surface area (Å²) in [5, 5.41) is 10.5. The minimum absolute atomic E-state index is 0.0155. The predicted molar refractivity (Wildman–Crippen MR) is 163 cm³/mol. The lowest BCUT2D eigenvalue weighted by molar-refractivity contribution is -0.148. The Morgan fingerprint density at radius 2 is 1.80 bits per heavy atom. The summed E-state index contributed by atoms with van der Waals surface area (Å²) in [5.41, 5.74) is 3.43. The third-order valence-electron chi connectivity index (χ3n) is 5.81. The third kappa shape index (κ3) is 9.73. The molecule has 0 amide bonds. The number of ether oxygens (including phenoxy) is 2. The van der Waals surface area contributed by atoms with Gasteiger partial charge in [-0.15, -0.1) is 0 Å². The number of carbonyl (C=O) groups excluding carboxylic acids is 1. The lowest BCUT2D eigenvalue weighted by Gasteiger charge is -2.19. The first-order chi connectivity index (χ1) is 19.1. The highest BCUT2D eigenvalue weighted by molar-refractivity contribution is 9.10. The first kappa shape index (κ1) is 31.8. The molecule has 0 aliphatic rings. The summed E-state index contributed by atoms with van der Waals surface area (Å²) in [7, 11) is -3.41. The number of sulfone groups is 1. The van der Waals surface area contributed by atoms with E-state index < -0.39 is 21.9 Å².